The quantitative estimate of drug-likeness (QED) is 0.910. The minimum Gasteiger partial charge on any atom is -0.396 e. The number of aliphatic hydroxyl groups excluding tert-OH is 1. The van der Waals surface area contributed by atoms with E-state index in [1.54, 1.807) is 12.3 Å². The molecule has 2 saturated heterocycles. The Morgan fingerprint density at radius 2 is 2.37 bits per heavy atom. The number of aromatic nitrogens is 1. The standard InChI is InChI=1S/C13H16Cl2N2O2/c14-10-3-11(15)12(16-4-10)17-5-9-1-2-19-8-13(9,6-17)7-18/h3-4,9,18H,1-2,5-8H2/t9-,13+/m0/s1. The number of pyridine rings is 1. The number of aliphatic hydroxyl groups is 1. The van der Waals surface area contributed by atoms with Gasteiger partial charge in [0.1, 0.15) is 5.82 Å². The van der Waals surface area contributed by atoms with Gasteiger partial charge in [0.15, 0.2) is 0 Å². The molecule has 2 aliphatic rings. The number of rotatable bonds is 2. The van der Waals surface area contributed by atoms with Crippen molar-refractivity contribution >= 4 is 29.0 Å². The first-order chi connectivity index (χ1) is 9.14. The van der Waals surface area contributed by atoms with E-state index in [1.165, 1.54) is 0 Å². The van der Waals surface area contributed by atoms with Gasteiger partial charge in [0.2, 0.25) is 0 Å². The van der Waals surface area contributed by atoms with Gasteiger partial charge in [-0.3, -0.25) is 0 Å². The van der Waals surface area contributed by atoms with Crippen LogP contribution in [-0.2, 0) is 4.74 Å². The molecule has 0 amide bonds. The Morgan fingerprint density at radius 3 is 3.05 bits per heavy atom. The van der Waals surface area contributed by atoms with Gasteiger partial charge in [-0.2, -0.15) is 0 Å². The highest BCUT2D eigenvalue weighted by molar-refractivity contribution is 6.36. The van der Waals surface area contributed by atoms with E-state index in [0.717, 1.165) is 31.9 Å². The predicted molar refractivity (Wildman–Crippen MR) is 74.9 cm³/mol. The van der Waals surface area contributed by atoms with Crippen molar-refractivity contribution < 1.29 is 9.84 Å². The second-order valence-electron chi connectivity index (χ2n) is 5.40. The van der Waals surface area contributed by atoms with Crippen molar-refractivity contribution in [3.63, 3.8) is 0 Å². The second kappa shape index (κ2) is 5.09. The summed E-state index contributed by atoms with van der Waals surface area (Å²) in [6.07, 6.45) is 2.58. The zero-order chi connectivity index (χ0) is 13.5. The Labute approximate surface area is 122 Å². The van der Waals surface area contributed by atoms with Gasteiger partial charge < -0.3 is 14.7 Å². The lowest BCUT2D eigenvalue weighted by molar-refractivity contribution is -0.0543. The average molecular weight is 303 g/mol. The average Bonchev–Trinajstić information content (AvgIpc) is 2.78. The van der Waals surface area contributed by atoms with Crippen LogP contribution in [0.5, 0.6) is 0 Å². The summed E-state index contributed by atoms with van der Waals surface area (Å²) < 4.78 is 5.55. The SMILES string of the molecule is OC[C@]12COCC[C@H]1CN(c1ncc(Cl)cc1Cl)C2. The maximum atomic E-state index is 9.75. The second-order valence-corrected chi connectivity index (χ2v) is 6.24. The number of fused-ring (bicyclic) bond motifs is 1. The third kappa shape index (κ3) is 2.31. The van der Waals surface area contributed by atoms with Crippen molar-refractivity contribution in [3.8, 4) is 0 Å². The summed E-state index contributed by atoms with van der Waals surface area (Å²) in [6.45, 7) is 3.10. The van der Waals surface area contributed by atoms with Gasteiger partial charge in [0, 0.05) is 31.3 Å². The summed E-state index contributed by atoms with van der Waals surface area (Å²) in [5.74, 6) is 1.17. The van der Waals surface area contributed by atoms with E-state index < -0.39 is 0 Å². The van der Waals surface area contributed by atoms with Gasteiger partial charge in [-0.05, 0) is 18.4 Å². The Morgan fingerprint density at radius 1 is 1.53 bits per heavy atom. The molecule has 4 nitrogen and oxygen atoms in total. The van der Waals surface area contributed by atoms with Crippen LogP contribution in [0, 0.1) is 11.3 Å². The third-order valence-electron chi connectivity index (χ3n) is 4.22. The molecule has 1 aromatic rings. The maximum absolute atomic E-state index is 9.75. The van der Waals surface area contributed by atoms with Crippen LogP contribution in [0.4, 0.5) is 5.82 Å². The summed E-state index contributed by atoms with van der Waals surface area (Å²) in [5, 5.41) is 10.8. The molecule has 0 saturated carbocycles. The van der Waals surface area contributed by atoms with E-state index in [2.05, 4.69) is 9.88 Å². The fourth-order valence-corrected chi connectivity index (χ4v) is 3.62. The van der Waals surface area contributed by atoms with E-state index in [0.29, 0.717) is 22.6 Å². The first-order valence-corrected chi connectivity index (χ1v) is 7.15. The number of halogens is 2. The highest BCUT2D eigenvalue weighted by Gasteiger charge is 2.48. The molecular formula is C13H16Cl2N2O2. The molecule has 0 spiro atoms. The first-order valence-electron chi connectivity index (χ1n) is 6.39. The zero-order valence-corrected chi connectivity index (χ0v) is 12.0. The number of anilines is 1. The molecule has 1 N–H and O–H groups in total. The van der Waals surface area contributed by atoms with Crippen LogP contribution >= 0.6 is 23.2 Å². The molecule has 2 aliphatic heterocycles. The number of nitrogens with zero attached hydrogens (tertiary/aromatic N) is 2. The number of ether oxygens (including phenoxy) is 1. The molecule has 2 fully saturated rings. The number of hydrogen-bond acceptors (Lipinski definition) is 4. The van der Waals surface area contributed by atoms with Crippen molar-refractivity contribution in [2.75, 3.05) is 37.8 Å². The highest BCUT2D eigenvalue weighted by atomic mass is 35.5. The molecule has 3 rings (SSSR count). The van der Waals surface area contributed by atoms with Crippen LogP contribution in [0.1, 0.15) is 6.42 Å². The lowest BCUT2D eigenvalue weighted by Gasteiger charge is -2.36. The summed E-state index contributed by atoms with van der Waals surface area (Å²) in [4.78, 5) is 6.46. The molecule has 2 atom stereocenters. The van der Waals surface area contributed by atoms with Gasteiger partial charge in [0.05, 0.1) is 23.3 Å². The fourth-order valence-electron chi connectivity index (χ4n) is 3.12. The van der Waals surface area contributed by atoms with E-state index in [4.69, 9.17) is 27.9 Å². The van der Waals surface area contributed by atoms with Crippen molar-refractivity contribution in [1.29, 1.82) is 0 Å². The van der Waals surface area contributed by atoms with Crippen molar-refractivity contribution in [3.05, 3.63) is 22.3 Å². The molecule has 1 aromatic heterocycles. The summed E-state index contributed by atoms with van der Waals surface area (Å²) in [6, 6.07) is 1.70. The van der Waals surface area contributed by atoms with E-state index in [1.807, 2.05) is 0 Å². The zero-order valence-electron chi connectivity index (χ0n) is 10.5. The minimum absolute atomic E-state index is 0.138. The van der Waals surface area contributed by atoms with Crippen LogP contribution in [-0.4, -0.2) is 43.0 Å². The van der Waals surface area contributed by atoms with Gasteiger partial charge in [0.25, 0.3) is 0 Å². The smallest absolute Gasteiger partial charge is 0.147 e. The fraction of sp³-hybridized carbons (Fsp3) is 0.615. The van der Waals surface area contributed by atoms with Gasteiger partial charge >= 0.3 is 0 Å². The molecule has 0 bridgehead atoms. The van der Waals surface area contributed by atoms with Gasteiger partial charge in [-0.25, -0.2) is 4.98 Å². The predicted octanol–water partition coefficient (Wildman–Crippen LogP) is 2.22. The minimum atomic E-state index is -0.178. The monoisotopic (exact) mass is 302 g/mol. The Kier molecular flexibility index (Phi) is 3.60. The number of hydrogen-bond donors (Lipinski definition) is 1. The molecule has 3 heterocycles. The summed E-state index contributed by atoms with van der Waals surface area (Å²) in [5.41, 5.74) is -0.178. The lowest BCUT2D eigenvalue weighted by atomic mass is 9.76. The van der Waals surface area contributed by atoms with E-state index in [-0.39, 0.29) is 12.0 Å². The molecule has 0 aliphatic carbocycles. The Balaban J connectivity index is 1.88. The largest absolute Gasteiger partial charge is 0.396 e. The molecule has 104 valence electrons. The molecule has 0 aromatic carbocycles. The normalized spacial score (nSPS) is 30.5. The lowest BCUT2D eigenvalue weighted by Crippen LogP contribution is -2.43. The first kappa shape index (κ1) is 13.4. The van der Waals surface area contributed by atoms with Crippen LogP contribution in [0.15, 0.2) is 12.3 Å². The molecule has 6 heteroatoms. The van der Waals surface area contributed by atoms with Crippen LogP contribution in [0.2, 0.25) is 10.0 Å². The van der Waals surface area contributed by atoms with Crippen molar-refractivity contribution in [2.24, 2.45) is 11.3 Å². The molecule has 0 unspecified atom stereocenters. The van der Waals surface area contributed by atoms with E-state index >= 15 is 0 Å². The summed E-state index contributed by atoms with van der Waals surface area (Å²) >= 11 is 12.1. The van der Waals surface area contributed by atoms with Crippen molar-refractivity contribution in [1.82, 2.24) is 4.98 Å². The topological polar surface area (TPSA) is 45.6 Å². The third-order valence-corrected chi connectivity index (χ3v) is 4.70. The molecular weight excluding hydrogens is 287 g/mol. The molecule has 19 heavy (non-hydrogen) atoms. The van der Waals surface area contributed by atoms with Gasteiger partial charge in [-0.15, -0.1) is 0 Å². The Hall–Kier alpha value is -0.550. The van der Waals surface area contributed by atoms with Crippen LogP contribution < -0.4 is 4.90 Å². The van der Waals surface area contributed by atoms with Crippen LogP contribution in [0.3, 0.4) is 0 Å². The maximum Gasteiger partial charge on any atom is 0.147 e. The van der Waals surface area contributed by atoms with Crippen LogP contribution in [0.25, 0.3) is 0 Å². The Bertz CT molecular complexity index is 486. The summed E-state index contributed by atoms with van der Waals surface area (Å²) in [7, 11) is 0. The van der Waals surface area contributed by atoms with Gasteiger partial charge in [-0.1, -0.05) is 23.2 Å². The van der Waals surface area contributed by atoms with E-state index in [9.17, 15) is 5.11 Å². The highest BCUT2D eigenvalue weighted by Crippen LogP contribution is 2.43. The van der Waals surface area contributed by atoms with Crippen molar-refractivity contribution in [2.45, 2.75) is 6.42 Å². The molecule has 0 radical (unpaired) electrons.